The number of nitrogens with zero attached hydrogens (tertiary/aromatic N) is 2. The van der Waals surface area contributed by atoms with Crippen molar-refractivity contribution < 1.29 is 0 Å². The molecule has 4 aromatic rings. The number of anilines is 1. The van der Waals surface area contributed by atoms with E-state index >= 15 is 0 Å². The van der Waals surface area contributed by atoms with Gasteiger partial charge in [-0.2, -0.15) is 0 Å². The van der Waals surface area contributed by atoms with E-state index in [9.17, 15) is 4.79 Å². The predicted molar refractivity (Wildman–Crippen MR) is 95.8 cm³/mol. The Morgan fingerprint density at radius 2 is 1.75 bits per heavy atom. The van der Waals surface area contributed by atoms with Crippen molar-refractivity contribution in [1.29, 1.82) is 0 Å². The van der Waals surface area contributed by atoms with Gasteiger partial charge in [-0.25, -0.2) is 9.78 Å². The summed E-state index contributed by atoms with van der Waals surface area (Å²) in [4.78, 5) is 25.5. The van der Waals surface area contributed by atoms with Crippen molar-refractivity contribution in [2.75, 3.05) is 5.32 Å². The van der Waals surface area contributed by atoms with E-state index in [0.717, 1.165) is 16.6 Å². The molecule has 0 aliphatic rings. The Morgan fingerprint density at radius 3 is 2.58 bits per heavy atom. The molecule has 2 heterocycles. The van der Waals surface area contributed by atoms with Gasteiger partial charge in [0.1, 0.15) is 5.82 Å². The summed E-state index contributed by atoms with van der Waals surface area (Å²) in [6.07, 6.45) is 1.64. The first kappa shape index (κ1) is 15.0. The normalized spacial score (nSPS) is 11.2. The number of hydrogen-bond donors (Lipinski definition) is 3. The highest BCUT2D eigenvalue weighted by Crippen LogP contribution is 2.26. The highest BCUT2D eigenvalue weighted by Gasteiger charge is 2.05. The summed E-state index contributed by atoms with van der Waals surface area (Å²) in [5, 5.41) is 4.10. The minimum atomic E-state index is -0.217. The minimum absolute atomic E-state index is 0.217. The summed E-state index contributed by atoms with van der Waals surface area (Å²) in [6, 6.07) is 9.08. The van der Waals surface area contributed by atoms with Crippen LogP contribution in [0.3, 0.4) is 0 Å². The fraction of sp³-hybridized carbons (Fsp3) is 0.0625. The molecular formula is C16H11Cl2N5O. The van der Waals surface area contributed by atoms with Crippen molar-refractivity contribution in [2.45, 2.75) is 6.54 Å². The number of halogens is 2. The first-order valence-corrected chi connectivity index (χ1v) is 7.91. The van der Waals surface area contributed by atoms with E-state index in [1.165, 1.54) is 0 Å². The zero-order valence-electron chi connectivity index (χ0n) is 12.2. The minimum Gasteiger partial charge on any atom is -0.365 e. The molecule has 0 amide bonds. The Bertz CT molecular complexity index is 1120. The molecule has 0 bridgehead atoms. The summed E-state index contributed by atoms with van der Waals surface area (Å²) in [5.41, 5.74) is 3.69. The maximum atomic E-state index is 11.3. The van der Waals surface area contributed by atoms with Gasteiger partial charge < -0.3 is 15.3 Å². The number of hydrogen-bond acceptors (Lipinski definition) is 4. The molecule has 8 heteroatoms. The smallest absolute Gasteiger partial charge is 0.323 e. The lowest BCUT2D eigenvalue weighted by Gasteiger charge is -2.07. The third-order valence-corrected chi connectivity index (χ3v) is 4.36. The Labute approximate surface area is 145 Å². The molecule has 0 aliphatic carbocycles. The Kier molecular flexibility index (Phi) is 3.63. The number of H-pyrrole nitrogens is 2. The van der Waals surface area contributed by atoms with Gasteiger partial charge in [-0.3, -0.25) is 4.98 Å². The van der Waals surface area contributed by atoms with E-state index in [-0.39, 0.29) is 5.69 Å². The van der Waals surface area contributed by atoms with E-state index in [1.54, 1.807) is 18.3 Å². The zero-order valence-corrected chi connectivity index (χ0v) is 13.7. The van der Waals surface area contributed by atoms with Crippen LogP contribution in [0.2, 0.25) is 10.0 Å². The molecule has 3 N–H and O–H groups in total. The number of nitrogens with one attached hydrogen (secondary N) is 3. The summed E-state index contributed by atoms with van der Waals surface area (Å²) < 4.78 is 0. The summed E-state index contributed by atoms with van der Waals surface area (Å²) >= 11 is 12.0. The summed E-state index contributed by atoms with van der Waals surface area (Å²) in [7, 11) is 0. The molecule has 0 saturated carbocycles. The number of aromatic nitrogens is 4. The van der Waals surface area contributed by atoms with Crippen LogP contribution in [0.15, 0.2) is 41.3 Å². The van der Waals surface area contributed by atoms with Gasteiger partial charge >= 0.3 is 5.69 Å². The number of aromatic amines is 2. The number of benzene rings is 2. The molecule has 0 radical (unpaired) electrons. The van der Waals surface area contributed by atoms with Crippen LogP contribution < -0.4 is 11.0 Å². The fourth-order valence-corrected chi connectivity index (χ4v) is 2.79. The van der Waals surface area contributed by atoms with Gasteiger partial charge in [-0.15, -0.1) is 0 Å². The van der Waals surface area contributed by atoms with Gasteiger partial charge in [0, 0.05) is 6.54 Å². The molecule has 0 unspecified atom stereocenters. The third kappa shape index (κ3) is 2.81. The molecule has 6 nitrogen and oxygen atoms in total. The van der Waals surface area contributed by atoms with Crippen LogP contribution in [0, 0.1) is 0 Å². The van der Waals surface area contributed by atoms with E-state index in [0.29, 0.717) is 33.4 Å². The largest absolute Gasteiger partial charge is 0.365 e. The number of fused-ring (bicyclic) bond motifs is 2. The van der Waals surface area contributed by atoms with Crippen molar-refractivity contribution >= 4 is 51.1 Å². The van der Waals surface area contributed by atoms with Crippen LogP contribution in [0.25, 0.3) is 22.1 Å². The lowest BCUT2D eigenvalue weighted by molar-refractivity contribution is 1.11. The van der Waals surface area contributed by atoms with Gasteiger partial charge in [-0.1, -0.05) is 29.3 Å². The van der Waals surface area contributed by atoms with Crippen LogP contribution >= 0.6 is 23.2 Å². The van der Waals surface area contributed by atoms with Crippen LogP contribution in [-0.4, -0.2) is 19.9 Å². The molecule has 0 fully saturated rings. The monoisotopic (exact) mass is 359 g/mol. The Hall–Kier alpha value is -2.57. The average molecular weight is 360 g/mol. The van der Waals surface area contributed by atoms with Gasteiger partial charge in [0.15, 0.2) is 0 Å². The molecule has 0 aliphatic heterocycles. The number of imidazole rings is 1. The Morgan fingerprint density at radius 1 is 1.00 bits per heavy atom. The second kappa shape index (κ2) is 5.81. The molecule has 4 rings (SSSR count). The van der Waals surface area contributed by atoms with E-state index in [2.05, 4.69) is 25.3 Å². The topological polar surface area (TPSA) is 86.5 Å². The molecule has 24 heavy (non-hydrogen) atoms. The lowest BCUT2D eigenvalue weighted by Crippen LogP contribution is -2.02. The summed E-state index contributed by atoms with van der Waals surface area (Å²) in [5.74, 6) is 0.628. The maximum absolute atomic E-state index is 11.3. The van der Waals surface area contributed by atoms with Gasteiger partial charge in [-0.05, 0) is 29.8 Å². The highest BCUT2D eigenvalue weighted by atomic mass is 35.5. The number of rotatable bonds is 3. The second-order valence-electron chi connectivity index (χ2n) is 5.32. The average Bonchev–Trinajstić information content (AvgIpc) is 2.93. The fourth-order valence-electron chi connectivity index (χ4n) is 2.48. The molecule has 0 spiro atoms. The van der Waals surface area contributed by atoms with Crippen LogP contribution in [0.1, 0.15) is 5.56 Å². The molecule has 0 atom stereocenters. The van der Waals surface area contributed by atoms with Crippen LogP contribution in [0.5, 0.6) is 0 Å². The van der Waals surface area contributed by atoms with Crippen molar-refractivity contribution in [2.24, 2.45) is 0 Å². The van der Waals surface area contributed by atoms with Crippen LogP contribution in [0.4, 0.5) is 5.82 Å². The maximum Gasteiger partial charge on any atom is 0.323 e. The quantitative estimate of drug-likeness (QED) is 0.520. The lowest BCUT2D eigenvalue weighted by atomic mass is 10.2. The van der Waals surface area contributed by atoms with E-state index in [4.69, 9.17) is 23.2 Å². The van der Waals surface area contributed by atoms with Gasteiger partial charge in [0.05, 0.1) is 38.3 Å². The van der Waals surface area contributed by atoms with Crippen molar-refractivity contribution in [3.8, 4) is 0 Å². The van der Waals surface area contributed by atoms with E-state index < -0.39 is 0 Å². The molecule has 120 valence electrons. The van der Waals surface area contributed by atoms with Crippen molar-refractivity contribution in [1.82, 2.24) is 19.9 Å². The van der Waals surface area contributed by atoms with Crippen LogP contribution in [-0.2, 0) is 6.54 Å². The zero-order chi connectivity index (χ0) is 16.7. The molecule has 2 aromatic carbocycles. The standard InChI is InChI=1S/C16H11Cl2N5O/c17-9-4-12-14(5-10(9)18)21-15(7-19-12)20-6-8-1-2-11-13(3-8)23-16(24)22-11/h1-5,7H,6H2,(H,20,21)(H2,22,23,24). The molecular weight excluding hydrogens is 349 g/mol. The molecule has 2 aromatic heterocycles. The first-order valence-electron chi connectivity index (χ1n) is 7.15. The van der Waals surface area contributed by atoms with Gasteiger partial charge in [0.25, 0.3) is 0 Å². The van der Waals surface area contributed by atoms with Gasteiger partial charge in [0.2, 0.25) is 0 Å². The third-order valence-electron chi connectivity index (χ3n) is 3.64. The SMILES string of the molecule is O=c1[nH]c2ccc(CNc3cnc4cc(Cl)c(Cl)cc4n3)cc2[nH]1. The van der Waals surface area contributed by atoms with Crippen molar-refractivity contribution in [3.05, 3.63) is 62.6 Å². The predicted octanol–water partition coefficient (Wildman–Crippen LogP) is 3.72. The van der Waals surface area contributed by atoms with E-state index in [1.807, 2.05) is 18.2 Å². The Balaban J connectivity index is 1.58. The second-order valence-corrected chi connectivity index (χ2v) is 6.14. The highest BCUT2D eigenvalue weighted by molar-refractivity contribution is 6.42. The first-order chi connectivity index (χ1) is 11.6. The summed E-state index contributed by atoms with van der Waals surface area (Å²) in [6.45, 7) is 0.546. The van der Waals surface area contributed by atoms with Crippen molar-refractivity contribution in [3.63, 3.8) is 0 Å². The molecule has 0 saturated heterocycles.